The molecule has 0 spiro atoms. The van der Waals surface area contributed by atoms with Gasteiger partial charge in [-0.15, -0.1) is 5.06 Å². The summed E-state index contributed by atoms with van der Waals surface area (Å²) in [6.45, 7) is 10.2. The SMILES string of the molecule is CC(NC(=O)C(NC(=O)OC(C)(C)C)C(C)C)C(=O)Nc1ccc(CON2C(=O)c3ccccc3C2=O)cc1. The lowest BCUT2D eigenvalue weighted by Crippen LogP contribution is -2.54. The van der Waals surface area contributed by atoms with E-state index in [2.05, 4.69) is 16.0 Å². The van der Waals surface area contributed by atoms with E-state index in [-0.39, 0.29) is 12.5 Å². The van der Waals surface area contributed by atoms with Crippen LogP contribution in [-0.2, 0) is 25.8 Å². The number of nitrogens with zero attached hydrogens (tertiary/aromatic N) is 1. The summed E-state index contributed by atoms with van der Waals surface area (Å²) in [7, 11) is 0. The number of benzene rings is 2. The number of anilines is 1. The first kappa shape index (κ1) is 29.3. The van der Waals surface area contributed by atoms with Gasteiger partial charge in [0.2, 0.25) is 11.8 Å². The van der Waals surface area contributed by atoms with Crippen molar-refractivity contribution in [1.82, 2.24) is 15.7 Å². The number of hydrogen-bond donors (Lipinski definition) is 3. The summed E-state index contributed by atoms with van der Waals surface area (Å²) < 4.78 is 5.23. The van der Waals surface area contributed by atoms with E-state index in [0.717, 1.165) is 5.06 Å². The number of nitrogens with one attached hydrogen (secondary N) is 3. The number of imide groups is 1. The first-order valence-corrected chi connectivity index (χ1v) is 12.6. The molecule has 2 unspecified atom stereocenters. The topological polar surface area (TPSA) is 143 Å². The summed E-state index contributed by atoms with van der Waals surface area (Å²) in [5, 5.41) is 8.63. The molecule has 2 atom stereocenters. The number of hydrogen-bond acceptors (Lipinski definition) is 7. The van der Waals surface area contributed by atoms with E-state index in [1.807, 2.05) is 0 Å². The van der Waals surface area contributed by atoms with Gasteiger partial charge in [0.1, 0.15) is 24.3 Å². The monoisotopic (exact) mass is 538 g/mol. The van der Waals surface area contributed by atoms with Crippen LogP contribution >= 0.6 is 0 Å². The van der Waals surface area contributed by atoms with Crippen LogP contribution in [0.2, 0.25) is 0 Å². The molecule has 11 heteroatoms. The molecule has 2 aromatic rings. The van der Waals surface area contributed by atoms with E-state index in [1.54, 1.807) is 83.1 Å². The van der Waals surface area contributed by atoms with Crippen LogP contribution in [0.15, 0.2) is 48.5 Å². The second-order valence-corrected chi connectivity index (χ2v) is 10.5. The predicted molar refractivity (Wildman–Crippen MR) is 142 cm³/mol. The van der Waals surface area contributed by atoms with Crippen molar-refractivity contribution in [2.45, 2.75) is 65.8 Å². The summed E-state index contributed by atoms with van der Waals surface area (Å²) >= 11 is 0. The zero-order valence-electron chi connectivity index (χ0n) is 22.9. The Morgan fingerprint density at radius 3 is 1.92 bits per heavy atom. The van der Waals surface area contributed by atoms with Crippen LogP contribution < -0.4 is 16.0 Å². The summed E-state index contributed by atoms with van der Waals surface area (Å²) in [6, 6.07) is 11.3. The Hall–Kier alpha value is -4.25. The van der Waals surface area contributed by atoms with E-state index < -0.39 is 47.4 Å². The maximum Gasteiger partial charge on any atom is 0.408 e. The molecule has 3 rings (SSSR count). The van der Waals surface area contributed by atoms with Crippen molar-refractivity contribution < 1.29 is 33.5 Å². The van der Waals surface area contributed by atoms with Crippen molar-refractivity contribution >= 4 is 35.4 Å². The number of ether oxygens (including phenoxy) is 1. The Kier molecular flexibility index (Phi) is 9.08. The lowest BCUT2D eigenvalue weighted by Gasteiger charge is -2.26. The molecule has 1 aliphatic heterocycles. The third-order valence-electron chi connectivity index (χ3n) is 5.71. The van der Waals surface area contributed by atoms with Gasteiger partial charge in [0.25, 0.3) is 11.8 Å². The van der Waals surface area contributed by atoms with Crippen molar-refractivity contribution in [3.05, 3.63) is 65.2 Å². The molecule has 0 fully saturated rings. The van der Waals surface area contributed by atoms with Crippen LogP contribution in [0.25, 0.3) is 0 Å². The number of rotatable bonds is 9. The maximum atomic E-state index is 12.8. The Morgan fingerprint density at radius 1 is 0.846 bits per heavy atom. The second-order valence-electron chi connectivity index (χ2n) is 10.5. The minimum atomic E-state index is -0.893. The van der Waals surface area contributed by atoms with E-state index >= 15 is 0 Å². The average Bonchev–Trinajstić information content (AvgIpc) is 3.10. The Labute approximate surface area is 227 Å². The smallest absolute Gasteiger partial charge is 0.408 e. The molecular formula is C28H34N4O7. The predicted octanol–water partition coefficient (Wildman–Crippen LogP) is 3.41. The quantitative estimate of drug-likeness (QED) is 0.415. The largest absolute Gasteiger partial charge is 0.444 e. The standard InChI is InChI=1S/C28H34N4O7/c1-16(2)22(31-27(37)39-28(4,5)6)24(34)29-17(3)23(33)30-19-13-11-18(12-14-19)15-38-32-25(35)20-9-7-8-10-21(20)26(32)36/h7-14,16-17,22H,15H2,1-6H3,(H,29,34)(H,30,33)(H,31,37). The molecule has 0 saturated carbocycles. The van der Waals surface area contributed by atoms with Crippen LogP contribution in [0.3, 0.4) is 0 Å². The Balaban J connectivity index is 1.51. The number of carbonyl (C=O) groups excluding carboxylic acids is 5. The minimum Gasteiger partial charge on any atom is -0.444 e. The minimum absolute atomic E-state index is 0.0343. The average molecular weight is 539 g/mol. The van der Waals surface area contributed by atoms with Gasteiger partial charge >= 0.3 is 6.09 Å². The van der Waals surface area contributed by atoms with E-state index in [1.165, 1.54) is 6.92 Å². The lowest BCUT2D eigenvalue weighted by molar-refractivity contribution is -0.128. The van der Waals surface area contributed by atoms with Crippen molar-refractivity contribution in [2.24, 2.45) is 5.92 Å². The second kappa shape index (κ2) is 12.1. The molecule has 11 nitrogen and oxygen atoms in total. The highest BCUT2D eigenvalue weighted by Gasteiger charge is 2.36. The Bertz CT molecular complexity index is 1220. The number of hydroxylamine groups is 2. The first-order valence-electron chi connectivity index (χ1n) is 12.6. The fourth-order valence-electron chi connectivity index (χ4n) is 3.70. The number of amides is 5. The van der Waals surface area contributed by atoms with Gasteiger partial charge in [0.15, 0.2) is 0 Å². The summed E-state index contributed by atoms with van der Waals surface area (Å²) in [4.78, 5) is 67.8. The van der Waals surface area contributed by atoms with E-state index in [4.69, 9.17) is 9.57 Å². The highest BCUT2D eigenvalue weighted by atomic mass is 16.7. The third-order valence-corrected chi connectivity index (χ3v) is 5.71. The number of carbonyl (C=O) groups is 5. The zero-order valence-corrected chi connectivity index (χ0v) is 22.9. The summed E-state index contributed by atoms with van der Waals surface area (Å²) in [5.41, 5.74) is 1.01. The molecule has 0 aromatic heterocycles. The van der Waals surface area contributed by atoms with E-state index in [0.29, 0.717) is 22.4 Å². The molecule has 0 bridgehead atoms. The Morgan fingerprint density at radius 2 is 1.41 bits per heavy atom. The number of alkyl carbamates (subject to hydrolysis) is 1. The van der Waals surface area contributed by atoms with Gasteiger partial charge in [0, 0.05) is 5.69 Å². The van der Waals surface area contributed by atoms with Crippen LogP contribution in [0.1, 0.15) is 67.8 Å². The summed E-state index contributed by atoms with van der Waals surface area (Å²) in [5.74, 6) is -2.26. The van der Waals surface area contributed by atoms with Gasteiger partial charge in [-0.3, -0.25) is 24.0 Å². The maximum absolute atomic E-state index is 12.8. The molecule has 0 saturated heterocycles. The third kappa shape index (κ3) is 7.64. The van der Waals surface area contributed by atoms with Crippen LogP contribution in [-0.4, -0.2) is 52.5 Å². The van der Waals surface area contributed by atoms with Crippen molar-refractivity contribution in [3.63, 3.8) is 0 Å². The van der Waals surface area contributed by atoms with Gasteiger partial charge in [0.05, 0.1) is 11.1 Å². The van der Waals surface area contributed by atoms with Gasteiger partial charge < -0.3 is 20.7 Å². The highest BCUT2D eigenvalue weighted by molar-refractivity contribution is 6.20. The molecule has 39 heavy (non-hydrogen) atoms. The van der Waals surface area contributed by atoms with Crippen LogP contribution in [0.4, 0.5) is 10.5 Å². The molecular weight excluding hydrogens is 504 g/mol. The van der Waals surface area contributed by atoms with E-state index in [9.17, 15) is 24.0 Å². The fraction of sp³-hybridized carbons (Fsp3) is 0.393. The molecule has 1 heterocycles. The molecule has 0 aliphatic carbocycles. The highest BCUT2D eigenvalue weighted by Crippen LogP contribution is 2.23. The van der Waals surface area contributed by atoms with Gasteiger partial charge in [-0.25, -0.2) is 4.79 Å². The summed E-state index contributed by atoms with van der Waals surface area (Å²) in [6.07, 6.45) is -0.722. The fourth-order valence-corrected chi connectivity index (χ4v) is 3.70. The lowest BCUT2D eigenvalue weighted by atomic mass is 10.0. The first-order chi connectivity index (χ1) is 18.3. The van der Waals surface area contributed by atoms with Crippen molar-refractivity contribution in [1.29, 1.82) is 0 Å². The van der Waals surface area contributed by atoms with Crippen molar-refractivity contribution in [2.75, 3.05) is 5.32 Å². The number of fused-ring (bicyclic) bond motifs is 1. The molecule has 5 amide bonds. The van der Waals surface area contributed by atoms with Crippen LogP contribution in [0.5, 0.6) is 0 Å². The molecule has 2 aromatic carbocycles. The van der Waals surface area contributed by atoms with Gasteiger partial charge in [-0.1, -0.05) is 38.1 Å². The molecule has 3 N–H and O–H groups in total. The zero-order chi connectivity index (χ0) is 28.9. The van der Waals surface area contributed by atoms with Gasteiger partial charge in [-0.2, -0.15) is 0 Å². The van der Waals surface area contributed by atoms with Gasteiger partial charge in [-0.05, 0) is 63.4 Å². The van der Waals surface area contributed by atoms with Crippen molar-refractivity contribution in [3.8, 4) is 0 Å². The molecule has 1 aliphatic rings. The molecule has 208 valence electrons. The molecule has 0 radical (unpaired) electrons. The normalized spacial score (nSPS) is 14.5. The van der Waals surface area contributed by atoms with Crippen LogP contribution in [0, 0.1) is 5.92 Å².